The number of aromatic nitrogens is 4. The first-order valence-corrected chi connectivity index (χ1v) is 14.2. The molecule has 0 aliphatic carbocycles. The summed E-state index contributed by atoms with van der Waals surface area (Å²) in [7, 11) is 0. The second-order valence-corrected chi connectivity index (χ2v) is 10.6. The number of hydrogen-bond acceptors (Lipinski definition) is 2. The van der Waals surface area contributed by atoms with Crippen molar-refractivity contribution in [3.8, 4) is 28.5 Å². The van der Waals surface area contributed by atoms with Crippen LogP contribution in [0, 0.1) is 0 Å². The predicted molar refractivity (Wildman–Crippen MR) is 173 cm³/mol. The number of imidazole rings is 1. The van der Waals surface area contributed by atoms with Crippen molar-refractivity contribution >= 4 is 49.0 Å². The second kappa shape index (κ2) is 8.88. The van der Waals surface area contributed by atoms with Crippen molar-refractivity contribution in [2.45, 2.75) is 0 Å². The maximum atomic E-state index is 5.38. The summed E-state index contributed by atoms with van der Waals surface area (Å²) in [6.07, 6.45) is 1.87. The molecule has 0 aliphatic heterocycles. The van der Waals surface area contributed by atoms with Crippen LogP contribution in [0.3, 0.4) is 0 Å². The molecule has 9 aromatic rings. The number of nitrogens with zero attached hydrogens (tertiary/aromatic N) is 4. The van der Waals surface area contributed by atoms with Gasteiger partial charge < -0.3 is 0 Å². The third-order valence-corrected chi connectivity index (χ3v) is 8.34. The molecule has 0 atom stereocenters. The fourth-order valence-corrected chi connectivity index (χ4v) is 6.61. The summed E-state index contributed by atoms with van der Waals surface area (Å²) in [5, 5.41) is 5.97. The first kappa shape index (κ1) is 23.0. The van der Waals surface area contributed by atoms with E-state index in [1.54, 1.807) is 0 Å². The molecule has 0 aliphatic rings. The standard InChI is InChI=1S/C38H24N4/c1-3-13-25(14-4-1)35-37-29-19-8-7-18-28(29)34-32(42(37)38(40-35)26-15-5-2-6-16-26)23-22-30-27-17-9-10-20-31(27)41(36(30)34)33-21-11-12-24-39-33/h1-24H. The Kier molecular flexibility index (Phi) is 4.87. The summed E-state index contributed by atoms with van der Waals surface area (Å²) in [5.41, 5.74) is 7.69. The SMILES string of the molecule is c1ccc(-c2nc(-c3ccccc3)n3c4ccc5c6ccccc6n(-c6ccccn6)c5c4c4ccccc4c23)cc1. The van der Waals surface area contributed by atoms with Crippen LogP contribution < -0.4 is 0 Å². The van der Waals surface area contributed by atoms with Crippen LogP contribution in [0.4, 0.5) is 0 Å². The van der Waals surface area contributed by atoms with Gasteiger partial charge in [0.1, 0.15) is 11.6 Å². The van der Waals surface area contributed by atoms with E-state index in [1.165, 1.54) is 26.9 Å². The third-order valence-electron chi connectivity index (χ3n) is 8.34. The van der Waals surface area contributed by atoms with Crippen LogP contribution in [-0.4, -0.2) is 18.9 Å². The highest BCUT2D eigenvalue weighted by atomic mass is 15.1. The molecule has 4 heteroatoms. The minimum Gasteiger partial charge on any atom is -0.293 e. The van der Waals surface area contributed by atoms with E-state index in [2.05, 4.69) is 142 Å². The van der Waals surface area contributed by atoms with Crippen LogP contribution in [-0.2, 0) is 0 Å². The van der Waals surface area contributed by atoms with Gasteiger partial charge in [-0.25, -0.2) is 9.97 Å². The van der Waals surface area contributed by atoms with Crippen LogP contribution in [0.1, 0.15) is 0 Å². The van der Waals surface area contributed by atoms with Crippen LogP contribution in [0.5, 0.6) is 0 Å². The molecular weight excluding hydrogens is 512 g/mol. The Hall–Kier alpha value is -5.74. The fraction of sp³-hybridized carbons (Fsp3) is 0. The maximum absolute atomic E-state index is 5.38. The minimum atomic E-state index is 0.902. The van der Waals surface area contributed by atoms with Gasteiger partial charge in [0.25, 0.3) is 0 Å². The molecule has 0 N–H and O–H groups in total. The number of benzene rings is 5. The average molecular weight is 537 g/mol. The summed E-state index contributed by atoms with van der Waals surface area (Å²) in [6.45, 7) is 0. The molecule has 0 unspecified atom stereocenters. The second-order valence-electron chi connectivity index (χ2n) is 10.6. The fourth-order valence-electron chi connectivity index (χ4n) is 6.61. The number of para-hydroxylation sites is 1. The Bertz CT molecular complexity index is 2440. The van der Waals surface area contributed by atoms with Gasteiger partial charge >= 0.3 is 0 Å². The van der Waals surface area contributed by atoms with Crippen LogP contribution >= 0.6 is 0 Å². The number of fused-ring (bicyclic) bond motifs is 10. The van der Waals surface area contributed by atoms with Crippen LogP contribution in [0.25, 0.3) is 77.5 Å². The van der Waals surface area contributed by atoms with Crippen molar-refractivity contribution < 1.29 is 0 Å². The van der Waals surface area contributed by atoms with Crippen LogP contribution in [0.2, 0.25) is 0 Å². The molecule has 0 amide bonds. The summed E-state index contributed by atoms with van der Waals surface area (Å²) >= 11 is 0. The molecule has 0 spiro atoms. The van der Waals surface area contributed by atoms with E-state index in [4.69, 9.17) is 9.97 Å². The Morgan fingerprint density at radius 3 is 1.86 bits per heavy atom. The molecule has 0 bridgehead atoms. The normalized spacial score (nSPS) is 11.8. The Balaban J connectivity index is 1.58. The van der Waals surface area contributed by atoms with Gasteiger partial charge in [-0.2, -0.15) is 0 Å². The van der Waals surface area contributed by atoms with Crippen molar-refractivity contribution in [1.29, 1.82) is 0 Å². The van der Waals surface area contributed by atoms with E-state index in [0.29, 0.717) is 0 Å². The number of hydrogen-bond donors (Lipinski definition) is 0. The molecule has 4 heterocycles. The van der Waals surface area contributed by atoms with Crippen molar-refractivity contribution in [1.82, 2.24) is 18.9 Å². The molecule has 0 fully saturated rings. The predicted octanol–water partition coefficient (Wildman–Crippen LogP) is 9.47. The minimum absolute atomic E-state index is 0.902. The maximum Gasteiger partial charge on any atom is 0.145 e. The summed E-state index contributed by atoms with van der Waals surface area (Å²) in [6, 6.07) is 49.1. The summed E-state index contributed by atoms with van der Waals surface area (Å²) < 4.78 is 4.69. The average Bonchev–Trinajstić information content (AvgIpc) is 3.63. The van der Waals surface area contributed by atoms with Crippen molar-refractivity contribution in [2.24, 2.45) is 0 Å². The highest BCUT2D eigenvalue weighted by Crippen LogP contribution is 2.43. The Labute approximate surface area is 241 Å². The molecule has 9 rings (SSSR count). The highest BCUT2D eigenvalue weighted by molar-refractivity contribution is 6.27. The van der Waals surface area contributed by atoms with Crippen molar-refractivity contribution in [3.05, 3.63) is 146 Å². The molecule has 0 saturated carbocycles. The first-order chi connectivity index (χ1) is 20.9. The van der Waals surface area contributed by atoms with E-state index >= 15 is 0 Å². The third kappa shape index (κ3) is 3.17. The van der Waals surface area contributed by atoms with Crippen molar-refractivity contribution in [3.63, 3.8) is 0 Å². The van der Waals surface area contributed by atoms with Gasteiger partial charge in [0.2, 0.25) is 0 Å². The molecular formula is C38H24N4. The van der Waals surface area contributed by atoms with Crippen molar-refractivity contribution in [2.75, 3.05) is 0 Å². The molecule has 196 valence electrons. The summed E-state index contributed by atoms with van der Waals surface area (Å²) in [4.78, 5) is 10.2. The zero-order valence-electron chi connectivity index (χ0n) is 22.6. The zero-order valence-corrected chi connectivity index (χ0v) is 22.6. The van der Waals surface area contributed by atoms with E-state index in [-0.39, 0.29) is 0 Å². The van der Waals surface area contributed by atoms with E-state index in [9.17, 15) is 0 Å². The molecule has 5 aromatic carbocycles. The lowest BCUT2D eigenvalue weighted by molar-refractivity contribution is 1.08. The van der Waals surface area contributed by atoms with Gasteiger partial charge in [-0.3, -0.25) is 8.97 Å². The highest BCUT2D eigenvalue weighted by Gasteiger charge is 2.23. The van der Waals surface area contributed by atoms with Gasteiger partial charge in [0.05, 0.1) is 27.8 Å². The monoisotopic (exact) mass is 536 g/mol. The molecule has 4 aromatic heterocycles. The van der Waals surface area contributed by atoms with Gasteiger partial charge in [0, 0.05) is 38.9 Å². The van der Waals surface area contributed by atoms with Gasteiger partial charge in [-0.05, 0) is 29.7 Å². The lowest BCUT2D eigenvalue weighted by Crippen LogP contribution is -1.99. The van der Waals surface area contributed by atoms with Crippen LogP contribution in [0.15, 0.2) is 146 Å². The van der Waals surface area contributed by atoms with E-state index in [1.807, 2.05) is 12.3 Å². The Morgan fingerprint density at radius 1 is 0.452 bits per heavy atom. The Morgan fingerprint density at radius 2 is 1.10 bits per heavy atom. The lowest BCUT2D eigenvalue weighted by Gasteiger charge is -2.15. The molecule has 42 heavy (non-hydrogen) atoms. The number of pyridine rings is 2. The lowest BCUT2D eigenvalue weighted by atomic mass is 10.00. The molecule has 0 saturated heterocycles. The van der Waals surface area contributed by atoms with Gasteiger partial charge in [-0.1, -0.05) is 115 Å². The smallest absolute Gasteiger partial charge is 0.145 e. The van der Waals surface area contributed by atoms with E-state index in [0.717, 1.165) is 50.5 Å². The quantitative estimate of drug-likeness (QED) is 0.211. The molecule has 0 radical (unpaired) electrons. The zero-order chi connectivity index (χ0) is 27.6. The largest absolute Gasteiger partial charge is 0.293 e. The van der Waals surface area contributed by atoms with E-state index < -0.39 is 0 Å². The van der Waals surface area contributed by atoms with Gasteiger partial charge in [0.15, 0.2) is 0 Å². The molecule has 4 nitrogen and oxygen atoms in total. The first-order valence-electron chi connectivity index (χ1n) is 14.2. The topological polar surface area (TPSA) is 35.1 Å². The number of rotatable bonds is 3. The van der Waals surface area contributed by atoms with Gasteiger partial charge in [-0.15, -0.1) is 0 Å². The summed E-state index contributed by atoms with van der Waals surface area (Å²) in [5.74, 6) is 1.83.